The number of nitro benzene ring substituents is 1. The third-order valence-corrected chi connectivity index (χ3v) is 4.28. The number of aromatic amines is 1. The monoisotopic (exact) mass is 317 g/mol. The first-order valence-corrected chi connectivity index (χ1v) is 7.73. The zero-order valence-electron chi connectivity index (χ0n) is 12.9. The number of fused-ring (bicyclic) bond motifs is 1. The summed E-state index contributed by atoms with van der Waals surface area (Å²) >= 11 is 0. The molecule has 0 radical (unpaired) electrons. The van der Waals surface area contributed by atoms with Crippen molar-refractivity contribution in [1.29, 1.82) is 0 Å². The van der Waals surface area contributed by atoms with E-state index < -0.39 is 4.92 Å². The number of hydrogen-bond donors (Lipinski definition) is 1. The van der Waals surface area contributed by atoms with Crippen molar-refractivity contribution in [3.8, 4) is 0 Å². The number of aromatic nitrogens is 1. The van der Waals surface area contributed by atoms with Crippen LogP contribution in [-0.4, -0.2) is 47.0 Å². The molecule has 0 spiro atoms. The van der Waals surface area contributed by atoms with Gasteiger partial charge in [0.2, 0.25) is 0 Å². The van der Waals surface area contributed by atoms with Crippen molar-refractivity contribution in [1.82, 2.24) is 9.88 Å². The molecule has 1 fully saturated rings. The van der Waals surface area contributed by atoms with Crippen LogP contribution in [0.3, 0.4) is 0 Å². The Hall–Kier alpha value is -2.41. The van der Waals surface area contributed by atoms with E-state index in [2.05, 4.69) is 4.98 Å². The molecule has 122 valence electrons. The molecule has 2 heterocycles. The van der Waals surface area contributed by atoms with Crippen LogP contribution in [0.1, 0.15) is 23.7 Å². The molecule has 0 aliphatic carbocycles. The van der Waals surface area contributed by atoms with E-state index in [0.29, 0.717) is 42.1 Å². The zero-order valence-corrected chi connectivity index (χ0v) is 12.9. The molecule has 3 rings (SSSR count). The predicted molar refractivity (Wildman–Crippen MR) is 85.5 cm³/mol. The average molecular weight is 317 g/mol. The molecule has 2 aromatic rings. The Balaban J connectivity index is 1.94. The number of nitro groups is 1. The van der Waals surface area contributed by atoms with E-state index in [1.807, 2.05) is 6.92 Å². The van der Waals surface area contributed by atoms with Crippen LogP contribution in [0.4, 0.5) is 5.69 Å². The number of carbonyl (C=O) groups is 1. The fourth-order valence-electron chi connectivity index (χ4n) is 3.05. The van der Waals surface area contributed by atoms with Gasteiger partial charge in [-0.25, -0.2) is 0 Å². The second kappa shape index (κ2) is 6.37. The van der Waals surface area contributed by atoms with Gasteiger partial charge in [0.1, 0.15) is 0 Å². The third-order valence-electron chi connectivity index (χ3n) is 4.28. The highest BCUT2D eigenvalue weighted by Crippen LogP contribution is 2.29. The number of nitrogens with zero attached hydrogens (tertiary/aromatic N) is 2. The second-order valence-corrected chi connectivity index (χ2v) is 5.73. The normalized spacial score (nSPS) is 17.5. The van der Waals surface area contributed by atoms with Crippen molar-refractivity contribution >= 4 is 22.5 Å². The van der Waals surface area contributed by atoms with Gasteiger partial charge in [-0.2, -0.15) is 0 Å². The van der Waals surface area contributed by atoms with Gasteiger partial charge in [-0.05, 0) is 19.4 Å². The summed E-state index contributed by atoms with van der Waals surface area (Å²) in [5.74, 6) is 0.152. The third kappa shape index (κ3) is 2.92. The molecule has 7 heteroatoms. The van der Waals surface area contributed by atoms with E-state index in [1.54, 1.807) is 23.2 Å². The Morgan fingerprint density at radius 3 is 3.00 bits per heavy atom. The Morgan fingerprint density at radius 1 is 1.52 bits per heavy atom. The summed E-state index contributed by atoms with van der Waals surface area (Å²) in [4.78, 5) is 28.4. The predicted octanol–water partition coefficient (Wildman–Crippen LogP) is 2.57. The molecule has 7 nitrogen and oxygen atoms in total. The average Bonchev–Trinajstić information content (AvgIpc) is 3.20. The summed E-state index contributed by atoms with van der Waals surface area (Å²) in [5.41, 5.74) is 0.906. The van der Waals surface area contributed by atoms with Gasteiger partial charge >= 0.3 is 0 Å². The fourth-order valence-corrected chi connectivity index (χ4v) is 3.05. The molecule has 23 heavy (non-hydrogen) atoms. The second-order valence-electron chi connectivity index (χ2n) is 5.73. The van der Waals surface area contributed by atoms with Crippen LogP contribution in [0.2, 0.25) is 0 Å². The molecule has 1 aromatic heterocycles. The van der Waals surface area contributed by atoms with Crippen molar-refractivity contribution in [3.63, 3.8) is 0 Å². The lowest BCUT2D eigenvalue weighted by atomic mass is 10.1. The fraction of sp³-hybridized carbons (Fsp3) is 0.438. The van der Waals surface area contributed by atoms with E-state index in [1.165, 1.54) is 6.07 Å². The van der Waals surface area contributed by atoms with Crippen LogP contribution in [0.25, 0.3) is 10.9 Å². The maximum absolute atomic E-state index is 12.9. The molecule has 1 saturated heterocycles. The number of nitrogens with one attached hydrogen (secondary N) is 1. The minimum atomic E-state index is -0.450. The SMILES string of the molecule is CCN(C[C@@H]1CCOC1)C(=O)c1c[nH]c2cccc([N+](=O)[O-])c12. The van der Waals surface area contributed by atoms with Gasteiger partial charge < -0.3 is 14.6 Å². The number of ether oxygens (including phenoxy) is 1. The van der Waals surface area contributed by atoms with E-state index in [9.17, 15) is 14.9 Å². The highest BCUT2D eigenvalue weighted by atomic mass is 16.6. The van der Waals surface area contributed by atoms with Crippen LogP contribution in [0.15, 0.2) is 24.4 Å². The Kier molecular flexibility index (Phi) is 4.29. The Morgan fingerprint density at radius 2 is 2.35 bits per heavy atom. The van der Waals surface area contributed by atoms with Crippen molar-refractivity contribution < 1.29 is 14.5 Å². The molecule has 1 N–H and O–H groups in total. The lowest BCUT2D eigenvalue weighted by Gasteiger charge is -2.23. The highest BCUT2D eigenvalue weighted by molar-refractivity contribution is 6.10. The van der Waals surface area contributed by atoms with Crippen LogP contribution in [0, 0.1) is 16.0 Å². The standard InChI is InChI=1S/C16H19N3O4/c1-2-18(9-11-6-7-23-10-11)16(20)12-8-17-13-4-3-5-14(15(12)13)19(21)22/h3-5,8,11,17H,2,6-7,9-10H2,1H3/t11-/m0/s1. The van der Waals surface area contributed by atoms with Crippen LogP contribution in [0.5, 0.6) is 0 Å². The topological polar surface area (TPSA) is 88.5 Å². The molecule has 1 atom stereocenters. The lowest BCUT2D eigenvalue weighted by Crippen LogP contribution is -2.35. The van der Waals surface area contributed by atoms with Crippen molar-refractivity contribution in [2.45, 2.75) is 13.3 Å². The van der Waals surface area contributed by atoms with E-state index >= 15 is 0 Å². The van der Waals surface area contributed by atoms with E-state index in [-0.39, 0.29) is 11.6 Å². The van der Waals surface area contributed by atoms with Crippen molar-refractivity contribution in [2.75, 3.05) is 26.3 Å². The molecular formula is C16H19N3O4. The summed E-state index contributed by atoms with van der Waals surface area (Å²) in [5, 5.41) is 11.6. The first-order valence-electron chi connectivity index (χ1n) is 7.73. The zero-order chi connectivity index (χ0) is 16.4. The maximum atomic E-state index is 12.9. The lowest BCUT2D eigenvalue weighted by molar-refractivity contribution is -0.383. The number of amides is 1. The van der Waals surface area contributed by atoms with Gasteiger partial charge in [0.15, 0.2) is 0 Å². The van der Waals surface area contributed by atoms with Crippen molar-refractivity contribution in [3.05, 3.63) is 40.1 Å². The molecular weight excluding hydrogens is 298 g/mol. The van der Waals surface area contributed by atoms with Crippen molar-refractivity contribution in [2.24, 2.45) is 5.92 Å². The smallest absolute Gasteiger partial charge is 0.279 e. The molecule has 1 aromatic carbocycles. The van der Waals surface area contributed by atoms with Gasteiger partial charge in [-0.15, -0.1) is 0 Å². The number of H-pyrrole nitrogens is 1. The van der Waals surface area contributed by atoms with Crippen LogP contribution in [-0.2, 0) is 4.74 Å². The van der Waals surface area contributed by atoms with E-state index in [0.717, 1.165) is 13.0 Å². The number of benzene rings is 1. The van der Waals surface area contributed by atoms with Gasteiger partial charge in [0.05, 0.1) is 28.0 Å². The molecule has 0 bridgehead atoms. The summed E-state index contributed by atoms with van der Waals surface area (Å²) in [7, 11) is 0. The number of carbonyl (C=O) groups excluding carboxylic acids is 1. The van der Waals surface area contributed by atoms with Gasteiger partial charge in [0, 0.05) is 37.9 Å². The summed E-state index contributed by atoms with van der Waals surface area (Å²) in [6.45, 7) is 4.48. The van der Waals surface area contributed by atoms with E-state index in [4.69, 9.17) is 4.74 Å². The summed E-state index contributed by atoms with van der Waals surface area (Å²) < 4.78 is 5.36. The minimum absolute atomic E-state index is 0.0487. The molecule has 1 aliphatic rings. The molecule has 0 saturated carbocycles. The Labute approximate surface area is 133 Å². The summed E-state index contributed by atoms with van der Waals surface area (Å²) in [6.07, 6.45) is 2.51. The van der Waals surface area contributed by atoms with Gasteiger partial charge in [0.25, 0.3) is 11.6 Å². The van der Waals surface area contributed by atoms with Gasteiger partial charge in [-0.1, -0.05) is 6.07 Å². The summed E-state index contributed by atoms with van der Waals surface area (Å²) in [6, 6.07) is 4.77. The first kappa shape index (κ1) is 15.5. The largest absolute Gasteiger partial charge is 0.381 e. The van der Waals surface area contributed by atoms with Crippen LogP contribution >= 0.6 is 0 Å². The minimum Gasteiger partial charge on any atom is -0.381 e. The number of non-ortho nitro benzene ring substituents is 1. The quantitative estimate of drug-likeness (QED) is 0.678. The highest BCUT2D eigenvalue weighted by Gasteiger charge is 2.26. The number of rotatable bonds is 5. The molecule has 1 amide bonds. The molecule has 0 unspecified atom stereocenters. The number of hydrogen-bond acceptors (Lipinski definition) is 4. The Bertz CT molecular complexity index is 734. The first-order chi connectivity index (χ1) is 11.1. The molecule has 1 aliphatic heterocycles. The maximum Gasteiger partial charge on any atom is 0.279 e. The van der Waals surface area contributed by atoms with Crippen LogP contribution < -0.4 is 0 Å². The van der Waals surface area contributed by atoms with Gasteiger partial charge in [-0.3, -0.25) is 14.9 Å².